The van der Waals surface area contributed by atoms with Crippen molar-refractivity contribution in [2.75, 3.05) is 12.8 Å². The fourth-order valence-electron chi connectivity index (χ4n) is 1.07. The molecular formula is C9H12N2O. The van der Waals surface area contributed by atoms with Crippen molar-refractivity contribution in [2.24, 2.45) is 0 Å². The lowest BCUT2D eigenvalue weighted by Crippen LogP contribution is -1.98. The van der Waals surface area contributed by atoms with Crippen molar-refractivity contribution in [3.8, 4) is 0 Å². The van der Waals surface area contributed by atoms with Crippen LogP contribution in [0.3, 0.4) is 0 Å². The molecule has 0 aliphatic carbocycles. The third kappa shape index (κ3) is 1.39. The summed E-state index contributed by atoms with van der Waals surface area (Å²) in [5.41, 5.74) is 8.11. The highest BCUT2D eigenvalue weighted by Gasteiger charge is 2.06. The van der Waals surface area contributed by atoms with Crippen LogP contribution in [0.25, 0.3) is 5.76 Å². The van der Waals surface area contributed by atoms with Crippen molar-refractivity contribution in [1.29, 1.82) is 0 Å². The number of nitrogens with two attached hydrogens (primary N) is 1. The van der Waals surface area contributed by atoms with Gasteiger partial charge in [-0.05, 0) is 12.5 Å². The lowest BCUT2D eigenvalue weighted by atomic mass is 10.1. The molecule has 0 unspecified atom stereocenters. The van der Waals surface area contributed by atoms with Gasteiger partial charge in [-0.2, -0.15) is 0 Å². The monoisotopic (exact) mass is 164 g/mol. The van der Waals surface area contributed by atoms with E-state index in [0.29, 0.717) is 11.4 Å². The summed E-state index contributed by atoms with van der Waals surface area (Å²) in [5.74, 6) is 0.576. The van der Waals surface area contributed by atoms with Crippen molar-refractivity contribution in [2.45, 2.75) is 6.92 Å². The molecule has 1 aromatic heterocycles. The van der Waals surface area contributed by atoms with Crippen LogP contribution in [0.5, 0.6) is 0 Å². The van der Waals surface area contributed by atoms with Crippen LogP contribution in [-0.2, 0) is 4.74 Å². The number of ether oxygens (including phenoxy) is 1. The second-order valence-electron chi connectivity index (χ2n) is 2.55. The third-order valence-corrected chi connectivity index (χ3v) is 1.69. The Morgan fingerprint density at radius 3 is 2.75 bits per heavy atom. The number of nitrogen functional groups attached to an aromatic ring is 1. The van der Waals surface area contributed by atoms with Gasteiger partial charge in [0.2, 0.25) is 0 Å². The van der Waals surface area contributed by atoms with E-state index in [1.165, 1.54) is 0 Å². The second kappa shape index (κ2) is 3.26. The Bertz CT molecular complexity index is 287. The number of aromatic nitrogens is 1. The topological polar surface area (TPSA) is 48.1 Å². The number of aryl methyl sites for hydroxylation is 1. The molecule has 0 amide bonds. The molecule has 3 heteroatoms. The number of methoxy groups -OCH3 is 1. The fourth-order valence-corrected chi connectivity index (χ4v) is 1.07. The van der Waals surface area contributed by atoms with Gasteiger partial charge < -0.3 is 10.5 Å². The zero-order valence-corrected chi connectivity index (χ0v) is 7.29. The van der Waals surface area contributed by atoms with E-state index >= 15 is 0 Å². The molecule has 3 nitrogen and oxygen atoms in total. The van der Waals surface area contributed by atoms with Crippen LogP contribution in [-0.4, -0.2) is 12.1 Å². The minimum atomic E-state index is 0.576. The largest absolute Gasteiger partial charge is 0.497 e. The van der Waals surface area contributed by atoms with E-state index < -0.39 is 0 Å². The predicted molar refractivity (Wildman–Crippen MR) is 49.4 cm³/mol. The summed E-state index contributed by atoms with van der Waals surface area (Å²) < 4.78 is 5.00. The fraction of sp³-hybridized carbons (Fsp3) is 0.222. The molecule has 2 N–H and O–H groups in total. The minimum absolute atomic E-state index is 0.576. The van der Waals surface area contributed by atoms with E-state index in [9.17, 15) is 0 Å². The summed E-state index contributed by atoms with van der Waals surface area (Å²) in [6.07, 6.45) is 3.32. The molecule has 0 aliphatic rings. The molecule has 0 fully saturated rings. The van der Waals surface area contributed by atoms with Gasteiger partial charge in [0.15, 0.2) is 0 Å². The van der Waals surface area contributed by atoms with Gasteiger partial charge in [0.05, 0.1) is 19.0 Å². The predicted octanol–water partition coefficient (Wildman–Crippen LogP) is 1.59. The Labute approximate surface area is 71.9 Å². The molecule has 1 aromatic rings. The van der Waals surface area contributed by atoms with Crippen LogP contribution in [0.15, 0.2) is 19.0 Å². The maximum Gasteiger partial charge on any atom is 0.121 e. The summed E-state index contributed by atoms with van der Waals surface area (Å²) in [6, 6.07) is 0. The third-order valence-electron chi connectivity index (χ3n) is 1.69. The van der Waals surface area contributed by atoms with Crippen LogP contribution >= 0.6 is 0 Å². The van der Waals surface area contributed by atoms with Gasteiger partial charge in [0, 0.05) is 11.8 Å². The molecule has 0 aromatic carbocycles. The van der Waals surface area contributed by atoms with E-state index in [0.717, 1.165) is 11.1 Å². The summed E-state index contributed by atoms with van der Waals surface area (Å²) >= 11 is 0. The number of nitrogens with zero attached hydrogens (tertiary/aromatic N) is 1. The highest BCUT2D eigenvalue weighted by molar-refractivity contribution is 5.71. The smallest absolute Gasteiger partial charge is 0.121 e. The summed E-state index contributed by atoms with van der Waals surface area (Å²) in [5, 5.41) is 0. The van der Waals surface area contributed by atoms with Gasteiger partial charge in [0.1, 0.15) is 5.76 Å². The van der Waals surface area contributed by atoms with Gasteiger partial charge in [0.25, 0.3) is 0 Å². The van der Waals surface area contributed by atoms with Crippen LogP contribution in [0.4, 0.5) is 5.69 Å². The maximum absolute atomic E-state index is 5.69. The Balaban J connectivity index is 3.21. The molecule has 1 rings (SSSR count). The van der Waals surface area contributed by atoms with E-state index in [4.69, 9.17) is 10.5 Å². The van der Waals surface area contributed by atoms with Crippen molar-refractivity contribution in [1.82, 2.24) is 4.98 Å². The lowest BCUT2D eigenvalue weighted by molar-refractivity contribution is 0.371. The first-order chi connectivity index (χ1) is 5.66. The molecular weight excluding hydrogens is 152 g/mol. The van der Waals surface area contributed by atoms with E-state index in [-0.39, 0.29) is 0 Å². The number of rotatable bonds is 2. The SMILES string of the molecule is C=C(OC)c1c(C)cncc1N. The van der Waals surface area contributed by atoms with Crippen molar-refractivity contribution in [3.05, 3.63) is 30.1 Å². The van der Waals surface area contributed by atoms with Gasteiger partial charge in [-0.15, -0.1) is 0 Å². The highest BCUT2D eigenvalue weighted by atomic mass is 16.5. The number of anilines is 1. The Morgan fingerprint density at radius 1 is 1.58 bits per heavy atom. The summed E-state index contributed by atoms with van der Waals surface area (Å²) in [7, 11) is 1.57. The Hall–Kier alpha value is -1.51. The number of hydrogen-bond donors (Lipinski definition) is 1. The van der Waals surface area contributed by atoms with Gasteiger partial charge in [-0.1, -0.05) is 6.58 Å². The molecule has 0 spiro atoms. The number of pyridine rings is 1. The lowest BCUT2D eigenvalue weighted by Gasteiger charge is -2.09. The van der Waals surface area contributed by atoms with Gasteiger partial charge in [-0.25, -0.2) is 0 Å². The summed E-state index contributed by atoms with van der Waals surface area (Å²) in [4.78, 5) is 3.94. The zero-order chi connectivity index (χ0) is 9.14. The van der Waals surface area contributed by atoms with Crippen molar-refractivity contribution < 1.29 is 4.74 Å². The first kappa shape index (κ1) is 8.59. The van der Waals surface area contributed by atoms with Gasteiger partial charge >= 0.3 is 0 Å². The van der Waals surface area contributed by atoms with Crippen LogP contribution in [0, 0.1) is 6.92 Å². The van der Waals surface area contributed by atoms with E-state index in [1.807, 2.05) is 6.92 Å². The molecule has 0 bridgehead atoms. The Morgan fingerprint density at radius 2 is 2.25 bits per heavy atom. The average Bonchev–Trinajstić information content (AvgIpc) is 2.03. The molecule has 1 heterocycles. The molecule has 12 heavy (non-hydrogen) atoms. The van der Waals surface area contributed by atoms with Crippen molar-refractivity contribution in [3.63, 3.8) is 0 Å². The highest BCUT2D eigenvalue weighted by Crippen LogP contribution is 2.22. The molecule has 64 valence electrons. The molecule has 0 saturated carbocycles. The van der Waals surface area contributed by atoms with Crippen LogP contribution in [0.2, 0.25) is 0 Å². The van der Waals surface area contributed by atoms with Crippen LogP contribution < -0.4 is 5.73 Å². The molecule has 0 aliphatic heterocycles. The first-order valence-electron chi connectivity index (χ1n) is 3.60. The number of hydrogen-bond acceptors (Lipinski definition) is 3. The second-order valence-corrected chi connectivity index (χ2v) is 2.55. The van der Waals surface area contributed by atoms with Gasteiger partial charge in [-0.3, -0.25) is 4.98 Å². The summed E-state index contributed by atoms with van der Waals surface area (Å²) in [6.45, 7) is 5.65. The van der Waals surface area contributed by atoms with E-state index in [1.54, 1.807) is 19.5 Å². The standard InChI is InChI=1S/C9H12N2O/c1-6-4-11-5-8(10)9(6)7(2)12-3/h4-5H,2,10H2,1,3H3. The molecule has 0 atom stereocenters. The normalized spacial score (nSPS) is 9.50. The Kier molecular flexibility index (Phi) is 2.33. The molecule has 0 saturated heterocycles. The maximum atomic E-state index is 5.69. The van der Waals surface area contributed by atoms with E-state index in [2.05, 4.69) is 11.6 Å². The van der Waals surface area contributed by atoms with Crippen LogP contribution in [0.1, 0.15) is 11.1 Å². The quantitative estimate of drug-likeness (QED) is 0.675. The first-order valence-corrected chi connectivity index (χ1v) is 3.60. The average molecular weight is 164 g/mol. The minimum Gasteiger partial charge on any atom is -0.497 e. The van der Waals surface area contributed by atoms with Crippen molar-refractivity contribution >= 4 is 11.4 Å². The zero-order valence-electron chi connectivity index (χ0n) is 7.29. The molecule has 0 radical (unpaired) electrons.